The summed E-state index contributed by atoms with van der Waals surface area (Å²) in [4.78, 5) is 12.4. The number of likely N-dealkylation sites (N-methyl/N-ethyl adjacent to an activating group) is 1. The predicted molar refractivity (Wildman–Crippen MR) is 246 cm³/mol. The number of methoxy groups -OCH3 is 1. The van der Waals surface area contributed by atoms with Gasteiger partial charge < -0.3 is 37.9 Å². The number of carboxylic acid groups (broad SMARTS) is 1. The number of unbranched alkanes of at least 4 members (excludes halogenated alkanes) is 2. The minimum atomic E-state index is -4.82. The van der Waals surface area contributed by atoms with Crippen LogP contribution in [0.15, 0.2) is 92.4 Å². The molecular formula is C46H59ClN2O14S3-2. The Kier molecular flexibility index (Phi) is 18.2. The maximum Gasteiger partial charge on any atom is 0.303 e. The number of fused-ring (bicyclic) bond motifs is 2. The van der Waals surface area contributed by atoms with Gasteiger partial charge in [0.05, 0.1) is 51.8 Å². The van der Waals surface area contributed by atoms with E-state index in [-0.39, 0.29) is 30.8 Å². The lowest BCUT2D eigenvalue weighted by Crippen LogP contribution is -2.33. The molecule has 20 heteroatoms. The molecule has 2 heterocycles. The van der Waals surface area contributed by atoms with E-state index >= 15 is 0 Å². The van der Waals surface area contributed by atoms with Gasteiger partial charge in [-0.15, -0.1) is 0 Å². The number of rotatable bonds is 25. The summed E-state index contributed by atoms with van der Waals surface area (Å²) in [7, 11) is -12.6. The second-order valence-corrected chi connectivity index (χ2v) is 21.7. The highest BCUT2D eigenvalue weighted by Gasteiger charge is 2.48. The van der Waals surface area contributed by atoms with E-state index in [0.29, 0.717) is 106 Å². The summed E-state index contributed by atoms with van der Waals surface area (Å²) in [6.45, 7) is 8.41. The van der Waals surface area contributed by atoms with E-state index in [0.717, 1.165) is 29.0 Å². The van der Waals surface area contributed by atoms with Crippen LogP contribution in [0.4, 0.5) is 11.4 Å². The zero-order valence-electron chi connectivity index (χ0n) is 37.8. The van der Waals surface area contributed by atoms with Crippen molar-refractivity contribution in [3.63, 3.8) is 0 Å². The number of anilines is 1. The van der Waals surface area contributed by atoms with Crippen molar-refractivity contribution in [1.29, 1.82) is 0 Å². The van der Waals surface area contributed by atoms with E-state index in [1.807, 2.05) is 50.0 Å². The van der Waals surface area contributed by atoms with Crippen molar-refractivity contribution in [3.05, 3.63) is 93.7 Å². The van der Waals surface area contributed by atoms with Crippen LogP contribution in [-0.4, -0.2) is 119 Å². The lowest BCUT2D eigenvalue weighted by molar-refractivity contribution is -0.438. The number of ether oxygens (including phenoxy) is 3. The van der Waals surface area contributed by atoms with Crippen LogP contribution >= 0.6 is 11.6 Å². The number of aliphatic carboxylic acids is 1. The Balaban J connectivity index is 1.55. The maximum atomic E-state index is 12.3. The molecule has 1 aliphatic carbocycles. The number of carboxylic acids is 1. The molecule has 0 saturated carbocycles. The summed E-state index contributed by atoms with van der Waals surface area (Å²) in [5.41, 5.74) is 3.84. The van der Waals surface area contributed by atoms with Crippen LogP contribution in [0.5, 0.6) is 0 Å². The van der Waals surface area contributed by atoms with E-state index in [1.54, 1.807) is 19.2 Å². The normalized spacial score (nSPS) is 21.5. The summed E-state index contributed by atoms with van der Waals surface area (Å²) in [6, 6.07) is 8.51. The summed E-state index contributed by atoms with van der Waals surface area (Å²) in [6.07, 6.45) is 12.0. The third-order valence-corrected chi connectivity index (χ3v) is 15.5. The summed E-state index contributed by atoms with van der Waals surface area (Å²) in [5.74, 6) is -1.50. The summed E-state index contributed by atoms with van der Waals surface area (Å²) < 4.78 is 127. The number of hydrogen-bond acceptors (Lipinski definition) is 14. The molecule has 0 fully saturated rings. The molecule has 16 nitrogen and oxygen atoms in total. The lowest BCUT2D eigenvalue weighted by atomic mass is 9.76. The number of nitrogens with zero attached hydrogens (tertiary/aromatic N) is 2. The van der Waals surface area contributed by atoms with Gasteiger partial charge in [-0.2, -0.15) is 4.58 Å². The molecule has 2 aliphatic heterocycles. The van der Waals surface area contributed by atoms with Gasteiger partial charge in [-0.3, -0.25) is 4.79 Å². The first-order valence-corrected chi connectivity index (χ1v) is 26.7. The second kappa shape index (κ2) is 22.6. The average Bonchev–Trinajstić information content (AvgIpc) is 3.61. The Morgan fingerprint density at radius 1 is 0.818 bits per heavy atom. The van der Waals surface area contributed by atoms with Gasteiger partial charge in [-0.25, -0.2) is 25.3 Å². The van der Waals surface area contributed by atoms with Crippen molar-refractivity contribution < 1.29 is 67.6 Å². The Bertz CT molecular complexity index is 2620. The Labute approximate surface area is 393 Å². The number of benzene rings is 2. The third-order valence-electron chi connectivity index (χ3n) is 12.5. The van der Waals surface area contributed by atoms with Gasteiger partial charge in [0.25, 0.3) is 0 Å². The second-order valence-electron chi connectivity index (χ2n) is 17.0. The highest BCUT2D eigenvalue weighted by atomic mass is 35.5. The molecule has 66 heavy (non-hydrogen) atoms. The van der Waals surface area contributed by atoms with Gasteiger partial charge in [0.1, 0.15) is 26.8 Å². The fourth-order valence-electron chi connectivity index (χ4n) is 9.12. The molecule has 2 unspecified atom stereocenters. The van der Waals surface area contributed by atoms with Crippen LogP contribution in [0.25, 0.3) is 0 Å². The first-order valence-electron chi connectivity index (χ1n) is 22.0. The van der Waals surface area contributed by atoms with Crippen molar-refractivity contribution in [3.8, 4) is 0 Å². The van der Waals surface area contributed by atoms with Crippen molar-refractivity contribution >= 4 is 65.0 Å². The SMILES string of the molecule is CCN1/C(=C/C=C2\CCCC(/C=C/C3=[N+](CCCCCC(=O)O)c4ccc(S(=O)(=O)[O-])cc4C3(C)CCOCCOCCOC)=C2Cl)C(C)(CCCS(=O)(=O)[O-])c2cc(S(=O)(=O)[O-])ccc21. The van der Waals surface area contributed by atoms with Crippen molar-refractivity contribution in [2.45, 2.75) is 106 Å². The van der Waals surface area contributed by atoms with Gasteiger partial charge in [0.2, 0.25) is 5.69 Å². The molecule has 3 aliphatic rings. The van der Waals surface area contributed by atoms with Crippen LogP contribution in [0.3, 0.4) is 0 Å². The molecule has 0 aromatic heterocycles. The molecule has 0 radical (unpaired) electrons. The Morgan fingerprint density at radius 2 is 1.47 bits per heavy atom. The Hall–Kier alpha value is -3.76. The van der Waals surface area contributed by atoms with Crippen LogP contribution in [0.1, 0.15) is 96.1 Å². The van der Waals surface area contributed by atoms with E-state index in [1.165, 1.54) is 24.3 Å². The number of carbonyl (C=O) groups is 1. The minimum Gasteiger partial charge on any atom is -0.748 e. The van der Waals surface area contributed by atoms with Crippen molar-refractivity contribution in [2.75, 3.05) is 63.9 Å². The van der Waals surface area contributed by atoms with Gasteiger partial charge in [-0.05, 0) is 125 Å². The number of halogens is 1. The number of allylic oxidation sites excluding steroid dienone is 8. The summed E-state index contributed by atoms with van der Waals surface area (Å²) >= 11 is 7.23. The van der Waals surface area contributed by atoms with Crippen molar-refractivity contribution in [1.82, 2.24) is 0 Å². The molecular weight excluding hydrogens is 936 g/mol. The van der Waals surface area contributed by atoms with Gasteiger partial charge in [-0.1, -0.05) is 23.8 Å². The van der Waals surface area contributed by atoms with Gasteiger partial charge in [0, 0.05) is 78.4 Å². The topological polar surface area (TPSA) is 243 Å². The highest BCUT2D eigenvalue weighted by molar-refractivity contribution is 7.86. The molecule has 0 amide bonds. The third kappa shape index (κ3) is 13.1. The first-order chi connectivity index (χ1) is 31.0. The summed E-state index contributed by atoms with van der Waals surface area (Å²) in [5, 5.41) is 9.72. The minimum absolute atomic E-state index is 0.0123. The van der Waals surface area contributed by atoms with Crippen LogP contribution in [0, 0.1) is 0 Å². The molecule has 1 N–H and O–H groups in total. The van der Waals surface area contributed by atoms with Gasteiger partial charge >= 0.3 is 5.97 Å². The molecule has 364 valence electrons. The quantitative estimate of drug-likeness (QED) is 0.0616. The molecule has 2 aromatic carbocycles. The van der Waals surface area contributed by atoms with Crippen molar-refractivity contribution in [2.24, 2.45) is 0 Å². The standard InChI is InChI=1S/C46H61ClN2O14S3/c1-5-48-39-18-16-35(65(55,56)57)31-37(39)45(2,22-10-30-64(52,53)54)41(48)20-14-33-11-9-12-34(44(33)47)15-21-42-46(3,23-25-62-28-29-63-27-26-61-4)38-32-36(66(58,59)60)17-19-40(38)49(42)24-8-6-7-13-43(50)51/h14-21,31-32H,5-13,22-30H2,1-4H3,(H3-,50,51,52,53,54,55,56,57,58,59,60)/p-2. The molecule has 0 spiro atoms. The maximum absolute atomic E-state index is 12.3. The van der Waals surface area contributed by atoms with Gasteiger partial charge in [0.15, 0.2) is 5.71 Å². The zero-order valence-corrected chi connectivity index (χ0v) is 41.0. The van der Waals surface area contributed by atoms with E-state index in [9.17, 15) is 48.8 Å². The molecule has 5 rings (SSSR count). The van der Waals surface area contributed by atoms with Crippen LogP contribution in [0.2, 0.25) is 0 Å². The monoisotopic (exact) mass is 994 g/mol. The molecule has 2 atom stereocenters. The fourth-order valence-corrected chi connectivity index (χ4v) is 10.9. The van der Waals surface area contributed by atoms with Crippen LogP contribution < -0.4 is 4.90 Å². The highest BCUT2D eigenvalue weighted by Crippen LogP contribution is 2.51. The Morgan fingerprint density at radius 3 is 2.11 bits per heavy atom. The van der Waals surface area contributed by atoms with E-state index in [4.69, 9.17) is 25.8 Å². The molecule has 0 bridgehead atoms. The average molecular weight is 996 g/mol. The van der Waals surface area contributed by atoms with E-state index < -0.39 is 57.8 Å². The molecule has 0 saturated heterocycles. The largest absolute Gasteiger partial charge is 0.748 e. The molecule has 2 aromatic rings. The van der Waals surface area contributed by atoms with Crippen LogP contribution in [-0.2, 0) is 60.2 Å². The fraction of sp³-hybridized carbons (Fsp3) is 0.522. The predicted octanol–water partition coefficient (Wildman–Crippen LogP) is 6.73. The smallest absolute Gasteiger partial charge is 0.303 e. The zero-order chi connectivity index (χ0) is 48.5. The van der Waals surface area contributed by atoms with E-state index in [2.05, 4.69) is 4.58 Å². The first kappa shape index (κ1) is 53.2. The lowest BCUT2D eigenvalue weighted by Gasteiger charge is -2.30. The number of hydrogen-bond donors (Lipinski definition) is 1.